The summed E-state index contributed by atoms with van der Waals surface area (Å²) in [6.07, 6.45) is 1.93. The van der Waals surface area contributed by atoms with Crippen molar-refractivity contribution in [3.05, 3.63) is 12.7 Å². The Hall–Kier alpha value is -1.07. The highest BCUT2D eigenvalue weighted by Gasteiger charge is 2.80. The number of ketones is 1. The molecule has 4 fully saturated rings. The molecular formula is C30H50ClNO8. The Morgan fingerprint density at radius 2 is 1.80 bits per heavy atom. The van der Waals surface area contributed by atoms with E-state index in [1.807, 2.05) is 13.8 Å². The van der Waals surface area contributed by atoms with Gasteiger partial charge in [-0.3, -0.25) is 9.59 Å². The number of piperidine rings is 1. The average molecular weight is 588 g/mol. The van der Waals surface area contributed by atoms with E-state index in [1.54, 1.807) is 20.8 Å². The molecule has 0 bridgehead atoms. The number of hydrogen-bond donors (Lipinski definition) is 4. The molecule has 2 aliphatic heterocycles. The number of ether oxygens (including phenoxy) is 3. The van der Waals surface area contributed by atoms with Crippen LogP contribution in [0, 0.1) is 16.7 Å². The van der Waals surface area contributed by atoms with Crippen LogP contribution in [0.3, 0.4) is 0 Å². The van der Waals surface area contributed by atoms with Crippen molar-refractivity contribution in [1.29, 1.82) is 0 Å². The quantitative estimate of drug-likeness (QED) is 0.199. The molecule has 2 saturated carbocycles. The van der Waals surface area contributed by atoms with Crippen LogP contribution in [0.1, 0.15) is 80.1 Å². The smallest absolute Gasteiger partial charge is 0.303 e. The van der Waals surface area contributed by atoms with Crippen LogP contribution in [0.25, 0.3) is 0 Å². The van der Waals surface area contributed by atoms with Crippen molar-refractivity contribution in [2.45, 2.75) is 121 Å². The lowest BCUT2D eigenvalue weighted by Crippen LogP contribution is -3.14. The Labute approximate surface area is 245 Å². The Balaban J connectivity index is 0.00000441. The zero-order chi connectivity index (χ0) is 29.0. The summed E-state index contributed by atoms with van der Waals surface area (Å²) in [5.74, 6) is -1.55. The maximum absolute atomic E-state index is 14.0. The summed E-state index contributed by atoms with van der Waals surface area (Å²) in [7, 11) is 0. The minimum absolute atomic E-state index is 0. The Morgan fingerprint density at radius 1 is 1.18 bits per heavy atom. The van der Waals surface area contributed by atoms with Crippen LogP contribution in [-0.4, -0.2) is 94.5 Å². The summed E-state index contributed by atoms with van der Waals surface area (Å²) < 4.78 is 18.7. The largest absolute Gasteiger partial charge is 1.00 e. The molecule has 0 radical (unpaired) electrons. The summed E-state index contributed by atoms with van der Waals surface area (Å²) >= 11 is 0. The number of Topliss-reactive ketones (excluding diaryl/α,β-unsaturated/α-hetero) is 1. The molecule has 2 saturated heterocycles. The first-order valence-corrected chi connectivity index (χ1v) is 14.6. The van der Waals surface area contributed by atoms with Crippen LogP contribution >= 0.6 is 0 Å². The molecule has 2 heterocycles. The SMILES string of the molecule is C=C[C@@]1(C)CC(=O)[C@@]2(O)[C@](C)(O1)[C@@H](OCC(C[NH+]1CCCCC1)OC(C)=O)[C@@H](O)C1C(C)(C)CC[C@H](O)[C@@]12C.[Cl-]. The van der Waals surface area contributed by atoms with Gasteiger partial charge in [0.25, 0.3) is 0 Å². The number of esters is 1. The van der Waals surface area contributed by atoms with E-state index in [4.69, 9.17) is 14.2 Å². The Bertz CT molecular complexity index is 971. The van der Waals surface area contributed by atoms with Gasteiger partial charge in [0.15, 0.2) is 17.5 Å². The van der Waals surface area contributed by atoms with Gasteiger partial charge in [-0.25, -0.2) is 0 Å². The predicted molar refractivity (Wildman–Crippen MR) is 144 cm³/mol. The van der Waals surface area contributed by atoms with E-state index in [2.05, 4.69) is 6.58 Å². The van der Waals surface area contributed by atoms with Crippen LogP contribution in [0.5, 0.6) is 0 Å². The second-order valence-electron chi connectivity index (χ2n) is 13.8. The topological polar surface area (TPSA) is 127 Å². The van der Waals surface area contributed by atoms with Crippen LogP contribution in [0.4, 0.5) is 0 Å². The number of halogens is 1. The van der Waals surface area contributed by atoms with Crippen molar-refractivity contribution in [1.82, 2.24) is 0 Å². The van der Waals surface area contributed by atoms with Gasteiger partial charge >= 0.3 is 5.97 Å². The molecule has 40 heavy (non-hydrogen) atoms. The molecule has 9 nitrogen and oxygen atoms in total. The normalized spacial score (nSPS) is 44.0. The molecule has 10 heteroatoms. The molecule has 2 unspecified atom stereocenters. The van der Waals surface area contributed by atoms with Crippen molar-refractivity contribution in [2.75, 3.05) is 26.2 Å². The zero-order valence-electron chi connectivity index (χ0n) is 25.0. The highest BCUT2D eigenvalue weighted by molar-refractivity contribution is 5.92. The van der Waals surface area contributed by atoms with Gasteiger partial charge in [-0.2, -0.15) is 0 Å². The number of aliphatic hydroxyl groups is 3. The predicted octanol–water partition coefficient (Wildman–Crippen LogP) is -2.02. The third-order valence-electron chi connectivity index (χ3n) is 10.6. The zero-order valence-corrected chi connectivity index (χ0v) is 25.8. The van der Waals surface area contributed by atoms with Crippen LogP contribution in [0.2, 0.25) is 0 Å². The molecule has 9 atom stereocenters. The minimum Gasteiger partial charge on any atom is -1.00 e. The first kappa shape index (κ1) is 33.4. The van der Waals surface area contributed by atoms with E-state index < -0.39 is 69.7 Å². The van der Waals surface area contributed by atoms with E-state index in [0.717, 1.165) is 25.9 Å². The maximum atomic E-state index is 14.0. The number of aliphatic hydroxyl groups excluding tert-OH is 2. The van der Waals surface area contributed by atoms with Crippen molar-refractivity contribution in [3.8, 4) is 0 Å². The number of quaternary nitrogens is 1. The fourth-order valence-electron chi connectivity index (χ4n) is 8.71. The summed E-state index contributed by atoms with van der Waals surface area (Å²) in [5, 5.41) is 36.1. The third kappa shape index (κ3) is 5.18. The fourth-order valence-corrected chi connectivity index (χ4v) is 8.71. The molecule has 4 N–H and O–H groups in total. The van der Waals surface area contributed by atoms with Gasteiger partial charge in [0.05, 0.1) is 37.5 Å². The van der Waals surface area contributed by atoms with E-state index in [9.17, 15) is 24.9 Å². The third-order valence-corrected chi connectivity index (χ3v) is 10.6. The number of hydrogen-bond acceptors (Lipinski definition) is 8. The van der Waals surface area contributed by atoms with Gasteiger partial charge in [-0.15, -0.1) is 6.58 Å². The molecule has 0 aromatic rings. The molecule has 4 aliphatic rings. The van der Waals surface area contributed by atoms with Crippen LogP contribution < -0.4 is 17.3 Å². The number of fused-ring (bicyclic) bond motifs is 3. The first-order chi connectivity index (χ1) is 18.1. The first-order valence-electron chi connectivity index (χ1n) is 14.6. The lowest BCUT2D eigenvalue weighted by Gasteiger charge is -2.71. The fraction of sp³-hybridized carbons (Fsp3) is 0.867. The number of nitrogens with one attached hydrogen (secondary N) is 1. The summed E-state index contributed by atoms with van der Waals surface area (Å²) in [4.78, 5) is 27.4. The van der Waals surface area contributed by atoms with Gasteiger partial charge in [0, 0.05) is 24.7 Å². The van der Waals surface area contributed by atoms with Crippen molar-refractivity contribution in [3.63, 3.8) is 0 Å². The van der Waals surface area contributed by atoms with E-state index in [-0.39, 0.29) is 25.4 Å². The van der Waals surface area contributed by atoms with Crippen molar-refractivity contribution < 1.29 is 56.4 Å². The molecule has 2 aliphatic carbocycles. The average Bonchev–Trinajstić information content (AvgIpc) is 2.84. The Morgan fingerprint density at radius 3 is 2.38 bits per heavy atom. The number of carbonyl (C=O) groups is 2. The van der Waals surface area contributed by atoms with Crippen LogP contribution in [-0.2, 0) is 23.8 Å². The van der Waals surface area contributed by atoms with Gasteiger partial charge < -0.3 is 46.8 Å². The van der Waals surface area contributed by atoms with Crippen LogP contribution in [0.15, 0.2) is 12.7 Å². The highest BCUT2D eigenvalue weighted by Crippen LogP contribution is 2.67. The Kier molecular flexibility index (Phi) is 9.65. The maximum Gasteiger partial charge on any atom is 0.303 e. The summed E-state index contributed by atoms with van der Waals surface area (Å²) in [6.45, 7) is 16.8. The van der Waals surface area contributed by atoms with Gasteiger partial charge in [-0.05, 0) is 51.4 Å². The summed E-state index contributed by atoms with van der Waals surface area (Å²) in [6, 6.07) is 0. The molecule has 0 aromatic carbocycles. The molecule has 4 rings (SSSR count). The molecule has 0 spiro atoms. The van der Waals surface area contributed by atoms with Gasteiger partial charge in [0.2, 0.25) is 0 Å². The number of carbonyl (C=O) groups excluding carboxylic acids is 2. The van der Waals surface area contributed by atoms with Crippen molar-refractivity contribution in [2.24, 2.45) is 16.7 Å². The number of likely N-dealkylation sites (tertiary alicyclic amines) is 1. The number of rotatable bonds is 7. The van der Waals surface area contributed by atoms with E-state index >= 15 is 0 Å². The second kappa shape index (κ2) is 11.5. The molecular weight excluding hydrogens is 538 g/mol. The monoisotopic (exact) mass is 587 g/mol. The van der Waals surface area contributed by atoms with Crippen molar-refractivity contribution >= 4 is 11.8 Å². The standard InChI is InChI=1S/C30H49NO8.ClH/c1-8-27(5)16-22(34)30(36)28(6)21(33)12-13-26(3,4)24(28)23(35)25(29(30,7)39-27)37-18-20(38-19(2)32)17-31-14-10-9-11-15-31;/h8,20-21,23-25,33,35-36H,1,9-18H2,2-7H3;1H/t20?,21-,23-,24?,25-,27-,28-,29+,30-;/m0./s1. The highest BCUT2D eigenvalue weighted by atomic mass is 35.5. The van der Waals surface area contributed by atoms with E-state index in [0.29, 0.717) is 19.4 Å². The minimum atomic E-state index is -2.15. The van der Waals surface area contributed by atoms with Gasteiger partial charge in [0.1, 0.15) is 18.2 Å². The lowest BCUT2D eigenvalue weighted by atomic mass is 9.40. The van der Waals surface area contributed by atoms with E-state index in [1.165, 1.54) is 24.3 Å². The lowest BCUT2D eigenvalue weighted by molar-refractivity contribution is -0.907. The van der Waals surface area contributed by atoms with Gasteiger partial charge in [-0.1, -0.05) is 26.8 Å². The molecule has 0 amide bonds. The molecule has 0 aromatic heterocycles. The summed E-state index contributed by atoms with van der Waals surface area (Å²) in [5.41, 5.74) is -6.88. The molecule has 230 valence electrons. The second-order valence-corrected chi connectivity index (χ2v) is 13.8.